The van der Waals surface area contributed by atoms with Gasteiger partial charge in [0.25, 0.3) is 17.7 Å². The van der Waals surface area contributed by atoms with Crippen molar-refractivity contribution in [1.29, 1.82) is 0 Å². The number of unbranched alkanes of at least 4 members (excludes halogenated alkanes) is 1. The Morgan fingerprint density at radius 3 is 2.27 bits per heavy atom. The molecule has 2 aliphatic rings. The molecule has 0 saturated carbocycles. The van der Waals surface area contributed by atoms with Gasteiger partial charge in [-0.3, -0.25) is 19.3 Å². The van der Waals surface area contributed by atoms with Crippen LogP contribution in [-0.4, -0.2) is 60.2 Å². The number of carbonyl (C=O) groups is 3. The van der Waals surface area contributed by atoms with Crippen LogP contribution in [0.1, 0.15) is 56.4 Å². The summed E-state index contributed by atoms with van der Waals surface area (Å²) in [5, 5.41) is 0. The monoisotopic (exact) mass is 459 g/mol. The Kier molecular flexibility index (Phi) is 6.14. The highest BCUT2D eigenvalue weighted by atomic mass is 19.4. The van der Waals surface area contributed by atoms with Crippen LogP contribution < -0.4 is 4.90 Å². The molecule has 0 spiro atoms. The van der Waals surface area contributed by atoms with Gasteiger partial charge in [0.1, 0.15) is 0 Å². The highest BCUT2D eigenvalue weighted by Gasteiger charge is 2.37. The summed E-state index contributed by atoms with van der Waals surface area (Å²) < 4.78 is 39.9. The Balaban J connectivity index is 1.46. The number of hydrogen-bond donors (Lipinski definition) is 0. The molecule has 33 heavy (non-hydrogen) atoms. The number of fused-ring (bicyclic) bond motifs is 1. The predicted octanol–water partition coefficient (Wildman–Crippen LogP) is 4.06. The Labute approximate surface area is 189 Å². The van der Waals surface area contributed by atoms with Gasteiger partial charge in [0.15, 0.2) is 0 Å². The van der Waals surface area contributed by atoms with E-state index in [1.165, 1.54) is 28.0 Å². The molecule has 6 nitrogen and oxygen atoms in total. The topological polar surface area (TPSA) is 60.9 Å². The molecule has 2 heterocycles. The lowest BCUT2D eigenvalue weighted by Crippen LogP contribution is -2.49. The number of hydrogen-bond acceptors (Lipinski definition) is 4. The van der Waals surface area contributed by atoms with Gasteiger partial charge in [-0.2, -0.15) is 13.2 Å². The number of benzene rings is 2. The average Bonchev–Trinajstić information content (AvgIpc) is 3.05. The van der Waals surface area contributed by atoms with Crippen molar-refractivity contribution in [3.05, 3.63) is 64.7 Å². The number of rotatable bonds is 5. The molecular formula is C24H24F3N3O3. The first-order chi connectivity index (χ1) is 15.7. The zero-order valence-corrected chi connectivity index (χ0v) is 18.2. The molecule has 174 valence electrons. The molecule has 0 atom stereocenters. The third-order valence-electron chi connectivity index (χ3n) is 6.08. The molecule has 0 unspecified atom stereocenters. The van der Waals surface area contributed by atoms with Gasteiger partial charge in [-0.05, 0) is 36.8 Å². The predicted molar refractivity (Wildman–Crippen MR) is 116 cm³/mol. The van der Waals surface area contributed by atoms with Gasteiger partial charge in [-0.15, -0.1) is 0 Å². The molecular weight excluding hydrogens is 435 g/mol. The highest BCUT2D eigenvalue weighted by Crippen LogP contribution is 2.33. The molecule has 0 N–H and O–H groups in total. The van der Waals surface area contributed by atoms with Gasteiger partial charge in [0.05, 0.1) is 22.3 Å². The fraction of sp³-hybridized carbons (Fsp3) is 0.375. The maximum atomic E-state index is 13.3. The van der Waals surface area contributed by atoms with Crippen LogP contribution in [0, 0.1) is 0 Å². The van der Waals surface area contributed by atoms with Crippen molar-refractivity contribution in [1.82, 2.24) is 9.80 Å². The number of piperazine rings is 1. The third-order valence-corrected chi connectivity index (χ3v) is 6.08. The Morgan fingerprint density at radius 2 is 1.61 bits per heavy atom. The molecule has 9 heteroatoms. The molecule has 2 aromatic carbocycles. The second kappa shape index (κ2) is 8.88. The normalized spacial score (nSPS) is 16.4. The van der Waals surface area contributed by atoms with Crippen LogP contribution in [0.25, 0.3) is 0 Å². The summed E-state index contributed by atoms with van der Waals surface area (Å²) in [6, 6.07) is 9.91. The van der Waals surface area contributed by atoms with E-state index in [4.69, 9.17) is 0 Å². The molecule has 2 aliphatic heterocycles. The lowest BCUT2D eigenvalue weighted by molar-refractivity contribution is -0.138. The lowest BCUT2D eigenvalue weighted by Gasteiger charge is -2.36. The van der Waals surface area contributed by atoms with Crippen LogP contribution in [0.15, 0.2) is 42.5 Å². The van der Waals surface area contributed by atoms with E-state index in [0.717, 1.165) is 24.6 Å². The van der Waals surface area contributed by atoms with Crippen molar-refractivity contribution in [2.75, 3.05) is 37.6 Å². The Hall–Kier alpha value is -3.36. The quantitative estimate of drug-likeness (QED) is 0.633. The number of nitrogens with zero attached hydrogens (tertiary/aromatic N) is 3. The van der Waals surface area contributed by atoms with Crippen LogP contribution in [0.3, 0.4) is 0 Å². The van der Waals surface area contributed by atoms with E-state index in [9.17, 15) is 27.6 Å². The third kappa shape index (κ3) is 4.31. The SMILES string of the molecule is CCCCN1C(=O)c2ccc(N3CCN(C(=O)c4ccccc4C(F)(F)F)CC3)cc2C1=O. The van der Waals surface area contributed by atoms with E-state index < -0.39 is 17.6 Å². The number of halogens is 3. The van der Waals surface area contributed by atoms with Gasteiger partial charge in [-0.1, -0.05) is 25.5 Å². The van der Waals surface area contributed by atoms with Crippen molar-refractivity contribution < 1.29 is 27.6 Å². The molecule has 1 fully saturated rings. The first-order valence-corrected chi connectivity index (χ1v) is 10.9. The standard InChI is InChI=1S/C24H24F3N3O3/c1-2-3-10-30-22(32)17-9-8-16(15-19(17)23(30)33)28-11-13-29(14-12-28)21(31)18-6-4-5-7-20(18)24(25,26)27/h4-9,15H,2-3,10-14H2,1H3. The fourth-order valence-corrected chi connectivity index (χ4v) is 4.25. The van der Waals surface area contributed by atoms with E-state index in [-0.39, 0.29) is 30.5 Å². The first kappa shape index (κ1) is 22.8. The largest absolute Gasteiger partial charge is 0.417 e. The van der Waals surface area contributed by atoms with Crippen LogP contribution in [-0.2, 0) is 6.18 Å². The zero-order valence-electron chi connectivity index (χ0n) is 18.2. The van der Waals surface area contributed by atoms with E-state index in [0.29, 0.717) is 30.8 Å². The number of alkyl halides is 3. The summed E-state index contributed by atoms with van der Waals surface area (Å²) in [7, 11) is 0. The van der Waals surface area contributed by atoms with Crippen molar-refractivity contribution in [3.8, 4) is 0 Å². The van der Waals surface area contributed by atoms with Gasteiger partial charge in [0.2, 0.25) is 0 Å². The minimum Gasteiger partial charge on any atom is -0.368 e. The van der Waals surface area contributed by atoms with E-state index in [2.05, 4.69) is 0 Å². The number of imide groups is 1. The summed E-state index contributed by atoms with van der Waals surface area (Å²) in [5.74, 6) is -1.24. The average molecular weight is 459 g/mol. The van der Waals surface area contributed by atoms with Gasteiger partial charge in [-0.25, -0.2) is 0 Å². The summed E-state index contributed by atoms with van der Waals surface area (Å²) in [4.78, 5) is 42.7. The summed E-state index contributed by atoms with van der Waals surface area (Å²) >= 11 is 0. The molecule has 3 amide bonds. The number of carbonyl (C=O) groups excluding carboxylic acids is 3. The van der Waals surface area contributed by atoms with Crippen molar-refractivity contribution in [2.24, 2.45) is 0 Å². The molecule has 2 aromatic rings. The van der Waals surface area contributed by atoms with Gasteiger partial charge >= 0.3 is 6.18 Å². The van der Waals surface area contributed by atoms with Gasteiger partial charge < -0.3 is 9.80 Å². The van der Waals surface area contributed by atoms with E-state index >= 15 is 0 Å². The molecule has 0 bridgehead atoms. The van der Waals surface area contributed by atoms with Crippen molar-refractivity contribution in [2.45, 2.75) is 25.9 Å². The number of amides is 3. The highest BCUT2D eigenvalue weighted by molar-refractivity contribution is 6.21. The van der Waals surface area contributed by atoms with Crippen LogP contribution >= 0.6 is 0 Å². The lowest BCUT2D eigenvalue weighted by atomic mass is 10.0. The minimum atomic E-state index is -4.60. The second-order valence-corrected chi connectivity index (χ2v) is 8.17. The van der Waals surface area contributed by atoms with E-state index in [1.807, 2.05) is 11.8 Å². The second-order valence-electron chi connectivity index (χ2n) is 8.17. The fourth-order valence-electron chi connectivity index (χ4n) is 4.25. The van der Waals surface area contributed by atoms with Crippen LogP contribution in [0.2, 0.25) is 0 Å². The van der Waals surface area contributed by atoms with Crippen molar-refractivity contribution >= 4 is 23.4 Å². The zero-order chi connectivity index (χ0) is 23.8. The smallest absolute Gasteiger partial charge is 0.368 e. The van der Waals surface area contributed by atoms with Crippen molar-refractivity contribution in [3.63, 3.8) is 0 Å². The minimum absolute atomic E-state index is 0.248. The Morgan fingerprint density at radius 1 is 0.939 bits per heavy atom. The Bertz CT molecular complexity index is 1090. The maximum absolute atomic E-state index is 13.3. The first-order valence-electron chi connectivity index (χ1n) is 10.9. The molecule has 4 rings (SSSR count). The summed E-state index contributed by atoms with van der Waals surface area (Å²) in [6.07, 6.45) is -2.99. The van der Waals surface area contributed by atoms with Gasteiger partial charge in [0, 0.05) is 38.4 Å². The summed E-state index contributed by atoms with van der Waals surface area (Å²) in [6.45, 7) is 3.68. The maximum Gasteiger partial charge on any atom is 0.417 e. The molecule has 0 radical (unpaired) electrons. The van der Waals surface area contributed by atoms with Crippen LogP contribution in [0.5, 0.6) is 0 Å². The van der Waals surface area contributed by atoms with Crippen LogP contribution in [0.4, 0.5) is 18.9 Å². The molecule has 0 aromatic heterocycles. The number of anilines is 1. The molecule has 1 saturated heterocycles. The summed E-state index contributed by atoms with van der Waals surface area (Å²) in [5.41, 5.74) is 0.206. The molecule has 0 aliphatic carbocycles. The van der Waals surface area contributed by atoms with E-state index in [1.54, 1.807) is 18.2 Å².